The van der Waals surface area contributed by atoms with Gasteiger partial charge in [-0.05, 0) is 38.7 Å². The summed E-state index contributed by atoms with van der Waals surface area (Å²) in [5.41, 5.74) is 2.00. The molecule has 1 rings (SSSR count). The molecule has 0 saturated heterocycles. The number of aryl methyl sites for hydroxylation is 1. The predicted octanol–water partition coefficient (Wildman–Crippen LogP) is 2.53. The van der Waals surface area contributed by atoms with E-state index in [4.69, 9.17) is 14.7 Å². The Balaban J connectivity index is 3.31. The number of methoxy groups -OCH3 is 2. The maximum atomic E-state index is 8.94. The number of hydrogen-bond acceptors (Lipinski definition) is 4. The SMILES string of the molecule is COc1cc(C(CC#N)N(C)C)c(OC)cc1C. The number of hydrogen-bond donors (Lipinski definition) is 0. The topological polar surface area (TPSA) is 45.5 Å². The van der Waals surface area contributed by atoms with E-state index < -0.39 is 0 Å². The maximum absolute atomic E-state index is 8.94. The van der Waals surface area contributed by atoms with Crippen molar-refractivity contribution >= 4 is 0 Å². The molecular weight excluding hydrogens is 228 g/mol. The van der Waals surface area contributed by atoms with E-state index in [1.165, 1.54) is 0 Å². The normalized spacial score (nSPS) is 12.1. The van der Waals surface area contributed by atoms with Crippen LogP contribution in [0.25, 0.3) is 0 Å². The van der Waals surface area contributed by atoms with Crippen LogP contribution in [0.2, 0.25) is 0 Å². The van der Waals surface area contributed by atoms with Gasteiger partial charge in [0.05, 0.1) is 32.8 Å². The molecule has 0 spiro atoms. The molecule has 0 amide bonds. The van der Waals surface area contributed by atoms with Crippen molar-refractivity contribution in [3.63, 3.8) is 0 Å². The van der Waals surface area contributed by atoms with E-state index in [9.17, 15) is 0 Å². The van der Waals surface area contributed by atoms with E-state index in [2.05, 4.69) is 6.07 Å². The largest absolute Gasteiger partial charge is 0.496 e. The Labute approximate surface area is 109 Å². The molecule has 18 heavy (non-hydrogen) atoms. The van der Waals surface area contributed by atoms with Crippen molar-refractivity contribution in [2.24, 2.45) is 0 Å². The van der Waals surface area contributed by atoms with Gasteiger partial charge >= 0.3 is 0 Å². The first-order valence-electron chi connectivity index (χ1n) is 5.81. The smallest absolute Gasteiger partial charge is 0.124 e. The molecule has 1 atom stereocenters. The van der Waals surface area contributed by atoms with Crippen LogP contribution in [0.1, 0.15) is 23.6 Å². The summed E-state index contributed by atoms with van der Waals surface area (Å²) in [5.74, 6) is 1.61. The van der Waals surface area contributed by atoms with Crippen LogP contribution in [0.4, 0.5) is 0 Å². The monoisotopic (exact) mass is 248 g/mol. The first-order valence-corrected chi connectivity index (χ1v) is 5.81. The predicted molar refractivity (Wildman–Crippen MR) is 70.9 cm³/mol. The van der Waals surface area contributed by atoms with Gasteiger partial charge in [-0.3, -0.25) is 0 Å². The van der Waals surface area contributed by atoms with Crippen LogP contribution >= 0.6 is 0 Å². The third-order valence-electron chi connectivity index (χ3n) is 3.01. The van der Waals surface area contributed by atoms with Gasteiger partial charge in [0, 0.05) is 5.56 Å². The van der Waals surface area contributed by atoms with Crippen LogP contribution in [0.5, 0.6) is 11.5 Å². The lowest BCUT2D eigenvalue weighted by Gasteiger charge is -2.25. The molecule has 1 aromatic carbocycles. The molecule has 0 N–H and O–H groups in total. The third-order valence-corrected chi connectivity index (χ3v) is 3.01. The zero-order chi connectivity index (χ0) is 13.7. The van der Waals surface area contributed by atoms with Crippen LogP contribution in [-0.4, -0.2) is 33.2 Å². The van der Waals surface area contributed by atoms with Crippen LogP contribution < -0.4 is 9.47 Å². The van der Waals surface area contributed by atoms with Gasteiger partial charge in [-0.25, -0.2) is 0 Å². The van der Waals surface area contributed by atoms with E-state index in [0.29, 0.717) is 6.42 Å². The first-order chi connectivity index (χ1) is 8.54. The fourth-order valence-electron chi connectivity index (χ4n) is 1.99. The highest BCUT2D eigenvalue weighted by Gasteiger charge is 2.20. The standard InChI is InChI=1S/C14H20N2O2/c1-10-8-14(18-5)11(9-13(10)17-4)12(6-7-15)16(2)3/h8-9,12H,6H2,1-5H3. The molecule has 1 unspecified atom stereocenters. The summed E-state index contributed by atoms with van der Waals surface area (Å²) in [5, 5.41) is 8.94. The summed E-state index contributed by atoms with van der Waals surface area (Å²) in [6.07, 6.45) is 0.412. The third kappa shape index (κ3) is 2.93. The van der Waals surface area contributed by atoms with Crippen LogP contribution in [0, 0.1) is 18.3 Å². The summed E-state index contributed by atoms with van der Waals surface area (Å²) in [6.45, 7) is 1.97. The second-order valence-electron chi connectivity index (χ2n) is 4.41. The molecule has 4 heteroatoms. The van der Waals surface area contributed by atoms with Crippen molar-refractivity contribution in [2.45, 2.75) is 19.4 Å². The molecule has 0 saturated carbocycles. The van der Waals surface area contributed by atoms with Gasteiger partial charge in [-0.2, -0.15) is 5.26 Å². The molecule has 0 aromatic heterocycles. The number of nitrogens with zero attached hydrogens (tertiary/aromatic N) is 2. The lowest BCUT2D eigenvalue weighted by molar-refractivity contribution is 0.291. The second-order valence-corrected chi connectivity index (χ2v) is 4.41. The molecule has 0 aliphatic carbocycles. The van der Waals surface area contributed by atoms with Gasteiger partial charge in [-0.15, -0.1) is 0 Å². The highest BCUT2D eigenvalue weighted by Crippen LogP contribution is 2.35. The molecule has 0 heterocycles. The Kier molecular flexibility index (Phi) is 4.99. The van der Waals surface area contributed by atoms with Crippen molar-refractivity contribution in [1.82, 2.24) is 4.90 Å². The first kappa shape index (κ1) is 14.3. The van der Waals surface area contributed by atoms with Gasteiger partial charge in [-0.1, -0.05) is 0 Å². The van der Waals surface area contributed by atoms with E-state index in [1.54, 1.807) is 14.2 Å². The number of ether oxygens (including phenoxy) is 2. The van der Waals surface area contributed by atoms with Crippen molar-refractivity contribution in [3.05, 3.63) is 23.3 Å². The Morgan fingerprint density at radius 3 is 2.28 bits per heavy atom. The molecule has 0 aliphatic rings. The van der Waals surface area contributed by atoms with Gasteiger partial charge in [0.25, 0.3) is 0 Å². The minimum absolute atomic E-state index is 0.000509. The summed E-state index contributed by atoms with van der Waals surface area (Å²) >= 11 is 0. The molecule has 0 aliphatic heterocycles. The lowest BCUT2D eigenvalue weighted by Crippen LogP contribution is -2.20. The summed E-state index contributed by atoms with van der Waals surface area (Å²) < 4.78 is 10.7. The van der Waals surface area contributed by atoms with Crippen molar-refractivity contribution in [3.8, 4) is 17.6 Å². The van der Waals surface area contributed by atoms with Crippen LogP contribution in [0.3, 0.4) is 0 Å². The molecule has 0 bridgehead atoms. The molecule has 0 fully saturated rings. The van der Waals surface area contributed by atoms with E-state index in [-0.39, 0.29) is 6.04 Å². The second kappa shape index (κ2) is 6.27. The Morgan fingerprint density at radius 2 is 1.83 bits per heavy atom. The van der Waals surface area contributed by atoms with Crippen molar-refractivity contribution < 1.29 is 9.47 Å². The van der Waals surface area contributed by atoms with Gasteiger partial charge in [0.15, 0.2) is 0 Å². The van der Waals surface area contributed by atoms with Crippen molar-refractivity contribution in [2.75, 3.05) is 28.3 Å². The van der Waals surface area contributed by atoms with Gasteiger partial charge < -0.3 is 14.4 Å². The van der Waals surface area contributed by atoms with Crippen molar-refractivity contribution in [1.29, 1.82) is 5.26 Å². The summed E-state index contributed by atoms with van der Waals surface area (Å²) in [7, 11) is 7.19. The molecule has 4 nitrogen and oxygen atoms in total. The summed E-state index contributed by atoms with van der Waals surface area (Å²) in [6, 6.07) is 6.11. The quantitative estimate of drug-likeness (QED) is 0.803. The zero-order valence-corrected chi connectivity index (χ0v) is 11.7. The molecular formula is C14H20N2O2. The van der Waals surface area contributed by atoms with Crippen LogP contribution in [0.15, 0.2) is 12.1 Å². The highest BCUT2D eigenvalue weighted by atomic mass is 16.5. The average Bonchev–Trinajstić information content (AvgIpc) is 2.35. The van der Waals surface area contributed by atoms with Gasteiger partial charge in [0.2, 0.25) is 0 Å². The summed E-state index contributed by atoms with van der Waals surface area (Å²) in [4.78, 5) is 2.01. The maximum Gasteiger partial charge on any atom is 0.124 e. The average molecular weight is 248 g/mol. The molecule has 0 radical (unpaired) electrons. The Morgan fingerprint density at radius 1 is 1.22 bits per heavy atom. The Hall–Kier alpha value is -1.73. The van der Waals surface area contributed by atoms with E-state index in [1.807, 2.05) is 38.1 Å². The lowest BCUT2D eigenvalue weighted by atomic mass is 10.00. The fraction of sp³-hybridized carbons (Fsp3) is 0.500. The minimum atomic E-state index is -0.000509. The van der Waals surface area contributed by atoms with E-state index >= 15 is 0 Å². The van der Waals surface area contributed by atoms with E-state index in [0.717, 1.165) is 22.6 Å². The Bertz CT molecular complexity index is 450. The highest BCUT2D eigenvalue weighted by molar-refractivity contribution is 5.47. The van der Waals surface area contributed by atoms with Gasteiger partial charge in [0.1, 0.15) is 11.5 Å². The number of rotatable bonds is 5. The van der Waals surface area contributed by atoms with Crippen LogP contribution in [-0.2, 0) is 0 Å². The number of nitriles is 1. The number of benzene rings is 1. The molecule has 98 valence electrons. The zero-order valence-electron chi connectivity index (χ0n) is 11.7. The minimum Gasteiger partial charge on any atom is -0.496 e. The fourth-order valence-corrected chi connectivity index (χ4v) is 1.99. The molecule has 1 aromatic rings.